The molecule has 2 aromatic heterocycles. The monoisotopic (exact) mass is 400 g/mol. The van der Waals surface area contributed by atoms with Crippen LogP contribution in [0.4, 0.5) is 0 Å². The summed E-state index contributed by atoms with van der Waals surface area (Å²) in [5.41, 5.74) is 5.44. The van der Waals surface area contributed by atoms with Crippen LogP contribution in [0.1, 0.15) is 22.3 Å². The third-order valence-corrected chi connectivity index (χ3v) is 4.68. The van der Waals surface area contributed by atoms with Crippen LogP contribution in [0.3, 0.4) is 0 Å². The van der Waals surface area contributed by atoms with E-state index >= 15 is 0 Å². The van der Waals surface area contributed by atoms with Gasteiger partial charge in [0, 0.05) is 34.8 Å². The number of carboxylic acid groups (broad SMARTS) is 1. The van der Waals surface area contributed by atoms with Crippen molar-refractivity contribution in [1.82, 2.24) is 15.4 Å². The lowest BCUT2D eigenvalue weighted by molar-refractivity contribution is -0.138. The summed E-state index contributed by atoms with van der Waals surface area (Å²) in [6, 6.07) is 10.8. The Bertz CT molecular complexity index is 1160. The van der Waals surface area contributed by atoms with Crippen LogP contribution in [0.25, 0.3) is 22.2 Å². The van der Waals surface area contributed by atoms with E-state index in [0.29, 0.717) is 28.6 Å². The lowest BCUT2D eigenvalue weighted by Gasteiger charge is -2.08. The number of carboxylic acids is 1. The van der Waals surface area contributed by atoms with Crippen LogP contribution in [0, 0.1) is 23.7 Å². The number of pyridine rings is 2. The Morgan fingerprint density at radius 3 is 2.57 bits per heavy atom. The number of benzene rings is 1. The van der Waals surface area contributed by atoms with Gasteiger partial charge in [0.1, 0.15) is 0 Å². The predicted molar refractivity (Wildman–Crippen MR) is 114 cm³/mol. The standard InChI is InChI=1S/C21H16N4O3.C2H4/c22-25-20(26)16-10-19(24-18-7-8-23-11-17(16)18)13-4-1-12(2-5-13)3-6-14-9-15(14)21(27)28;1-2/h1-2,4-5,7-8,10-11,14-15H,9,22H2,(H,25,26)(H,27,28);1-2H2. The first-order valence-corrected chi connectivity index (χ1v) is 9.17. The van der Waals surface area contributed by atoms with E-state index in [9.17, 15) is 9.59 Å². The molecule has 2 atom stereocenters. The number of nitrogens with two attached hydrogens (primary N) is 1. The number of hydrogen-bond donors (Lipinski definition) is 3. The van der Waals surface area contributed by atoms with E-state index in [1.807, 2.05) is 24.3 Å². The Morgan fingerprint density at radius 1 is 1.20 bits per heavy atom. The zero-order valence-corrected chi connectivity index (χ0v) is 16.1. The molecule has 1 amide bonds. The van der Waals surface area contributed by atoms with Crippen LogP contribution in [0.5, 0.6) is 0 Å². The maximum absolute atomic E-state index is 12.1. The Morgan fingerprint density at radius 2 is 1.93 bits per heavy atom. The van der Waals surface area contributed by atoms with Crippen molar-refractivity contribution >= 4 is 22.8 Å². The van der Waals surface area contributed by atoms with Gasteiger partial charge in [0.25, 0.3) is 5.91 Å². The van der Waals surface area contributed by atoms with Crippen molar-refractivity contribution in [3.63, 3.8) is 0 Å². The number of carbonyl (C=O) groups is 2. The summed E-state index contributed by atoms with van der Waals surface area (Å²) < 4.78 is 0. The second kappa shape index (κ2) is 8.99. The highest BCUT2D eigenvalue weighted by molar-refractivity contribution is 6.06. The van der Waals surface area contributed by atoms with Gasteiger partial charge in [-0.15, -0.1) is 13.2 Å². The van der Waals surface area contributed by atoms with Crippen LogP contribution < -0.4 is 11.3 Å². The fourth-order valence-corrected chi connectivity index (χ4v) is 3.01. The highest BCUT2D eigenvalue weighted by atomic mass is 16.4. The number of aromatic nitrogens is 2. The fraction of sp³-hybridized carbons (Fsp3) is 0.130. The zero-order valence-electron chi connectivity index (χ0n) is 16.1. The van der Waals surface area contributed by atoms with Gasteiger partial charge in [0.05, 0.1) is 22.7 Å². The molecule has 0 bridgehead atoms. The first-order chi connectivity index (χ1) is 14.6. The maximum Gasteiger partial charge on any atom is 0.307 e. The van der Waals surface area contributed by atoms with Crippen molar-refractivity contribution in [3.05, 3.63) is 73.1 Å². The Hall–Kier alpha value is -4.02. The molecular weight excluding hydrogens is 380 g/mol. The number of amides is 1. The number of hydrogen-bond acceptors (Lipinski definition) is 5. The maximum atomic E-state index is 12.1. The van der Waals surface area contributed by atoms with Gasteiger partial charge in [-0.3, -0.25) is 20.0 Å². The molecule has 1 fully saturated rings. The summed E-state index contributed by atoms with van der Waals surface area (Å²) >= 11 is 0. The smallest absolute Gasteiger partial charge is 0.307 e. The number of nitrogen functional groups attached to an aromatic ring is 1. The molecule has 1 aliphatic carbocycles. The number of aliphatic carboxylic acids is 1. The highest BCUT2D eigenvalue weighted by Gasteiger charge is 2.42. The van der Waals surface area contributed by atoms with Gasteiger partial charge < -0.3 is 5.11 Å². The Labute approximate surface area is 173 Å². The van der Waals surface area contributed by atoms with Crippen LogP contribution in [-0.4, -0.2) is 27.0 Å². The van der Waals surface area contributed by atoms with Gasteiger partial charge in [-0.1, -0.05) is 24.0 Å². The third kappa shape index (κ3) is 4.35. The van der Waals surface area contributed by atoms with E-state index in [0.717, 1.165) is 11.1 Å². The first kappa shape index (κ1) is 20.7. The van der Waals surface area contributed by atoms with Crippen molar-refractivity contribution in [1.29, 1.82) is 0 Å². The van der Waals surface area contributed by atoms with Gasteiger partial charge in [-0.25, -0.2) is 10.8 Å². The molecule has 30 heavy (non-hydrogen) atoms. The van der Waals surface area contributed by atoms with Gasteiger partial charge >= 0.3 is 5.97 Å². The van der Waals surface area contributed by atoms with Crippen molar-refractivity contribution in [2.24, 2.45) is 17.7 Å². The van der Waals surface area contributed by atoms with Crippen LogP contribution in [0.2, 0.25) is 0 Å². The second-order valence-corrected chi connectivity index (χ2v) is 6.55. The summed E-state index contributed by atoms with van der Waals surface area (Å²) in [6.45, 7) is 6.00. The zero-order chi connectivity index (χ0) is 21.7. The summed E-state index contributed by atoms with van der Waals surface area (Å²) in [6.07, 6.45) is 3.81. The number of carbonyl (C=O) groups excluding carboxylic acids is 1. The summed E-state index contributed by atoms with van der Waals surface area (Å²) in [7, 11) is 0. The van der Waals surface area contributed by atoms with Crippen molar-refractivity contribution in [3.8, 4) is 23.1 Å². The molecule has 150 valence electrons. The number of rotatable bonds is 3. The molecule has 2 unspecified atom stereocenters. The molecule has 0 radical (unpaired) electrons. The van der Waals surface area contributed by atoms with Crippen LogP contribution in [0.15, 0.2) is 61.9 Å². The quantitative estimate of drug-likeness (QED) is 0.205. The molecule has 4 N–H and O–H groups in total. The Kier molecular flexibility index (Phi) is 6.20. The molecule has 0 saturated heterocycles. The summed E-state index contributed by atoms with van der Waals surface area (Å²) in [5, 5.41) is 9.54. The minimum atomic E-state index is -0.787. The lowest BCUT2D eigenvalue weighted by Crippen LogP contribution is -2.30. The van der Waals surface area contributed by atoms with Gasteiger partial charge in [-0.05, 0) is 30.7 Å². The molecule has 1 saturated carbocycles. The van der Waals surface area contributed by atoms with Crippen LogP contribution in [-0.2, 0) is 4.79 Å². The molecular formula is C23H20N4O3. The minimum Gasteiger partial charge on any atom is -0.481 e. The fourth-order valence-electron chi connectivity index (χ4n) is 3.01. The summed E-state index contributed by atoms with van der Waals surface area (Å²) in [5.74, 6) is 9.71. The van der Waals surface area contributed by atoms with Crippen molar-refractivity contribution in [2.45, 2.75) is 6.42 Å². The molecule has 1 aromatic carbocycles. The third-order valence-electron chi connectivity index (χ3n) is 4.68. The number of nitrogens with one attached hydrogen (secondary N) is 1. The first-order valence-electron chi connectivity index (χ1n) is 9.17. The average molecular weight is 400 g/mol. The van der Waals surface area contributed by atoms with E-state index in [-0.39, 0.29) is 11.8 Å². The SMILES string of the molecule is C=C.NNC(=O)c1cc(-c2ccc(C#CC3CC3C(=O)O)cc2)nc2ccncc12. The molecule has 4 rings (SSSR count). The van der Waals surface area contributed by atoms with E-state index < -0.39 is 11.9 Å². The largest absolute Gasteiger partial charge is 0.481 e. The van der Waals surface area contributed by atoms with E-state index in [4.69, 9.17) is 10.9 Å². The predicted octanol–water partition coefficient (Wildman–Crippen LogP) is 2.77. The molecule has 0 spiro atoms. The van der Waals surface area contributed by atoms with E-state index in [1.54, 1.807) is 24.5 Å². The molecule has 7 heteroatoms. The molecule has 7 nitrogen and oxygen atoms in total. The van der Waals surface area contributed by atoms with Gasteiger partial charge in [-0.2, -0.15) is 0 Å². The molecule has 2 heterocycles. The molecule has 3 aromatic rings. The van der Waals surface area contributed by atoms with Gasteiger partial charge in [0.15, 0.2) is 0 Å². The van der Waals surface area contributed by atoms with Crippen molar-refractivity contribution < 1.29 is 14.7 Å². The normalized spacial score (nSPS) is 16.4. The van der Waals surface area contributed by atoms with Gasteiger partial charge in [0.2, 0.25) is 0 Å². The number of hydrazine groups is 1. The summed E-state index contributed by atoms with van der Waals surface area (Å²) in [4.78, 5) is 31.7. The second-order valence-electron chi connectivity index (χ2n) is 6.55. The van der Waals surface area contributed by atoms with E-state index in [1.165, 1.54) is 0 Å². The topological polar surface area (TPSA) is 118 Å². The molecule has 0 aliphatic heterocycles. The lowest BCUT2D eigenvalue weighted by atomic mass is 10.0. The minimum absolute atomic E-state index is 0.0646. The number of fused-ring (bicyclic) bond motifs is 1. The van der Waals surface area contributed by atoms with Crippen molar-refractivity contribution in [2.75, 3.05) is 0 Å². The number of nitrogens with zero attached hydrogens (tertiary/aromatic N) is 2. The highest BCUT2D eigenvalue weighted by Crippen LogP contribution is 2.37. The average Bonchev–Trinajstić information content (AvgIpc) is 3.58. The van der Waals surface area contributed by atoms with E-state index in [2.05, 4.69) is 40.4 Å². The van der Waals surface area contributed by atoms with Crippen LogP contribution >= 0.6 is 0 Å². The molecule has 1 aliphatic rings. The Balaban J connectivity index is 0.00000124.